The van der Waals surface area contributed by atoms with Crippen molar-refractivity contribution in [3.05, 3.63) is 42.0 Å². The molecule has 0 spiro atoms. The first-order valence-corrected chi connectivity index (χ1v) is 13.0. The Kier molecular flexibility index (Phi) is 7.93. The van der Waals surface area contributed by atoms with E-state index in [2.05, 4.69) is 4.90 Å². The second-order valence-electron chi connectivity index (χ2n) is 7.69. The molecular weight excluding hydrogens is 462 g/mol. The zero-order valence-electron chi connectivity index (χ0n) is 19.5. The van der Waals surface area contributed by atoms with Gasteiger partial charge in [-0.2, -0.15) is 0 Å². The first-order chi connectivity index (χ1) is 15.7. The molecule has 0 aliphatic heterocycles. The lowest BCUT2D eigenvalue weighted by Gasteiger charge is -2.21. The fraction of sp³-hybridized carbons (Fsp3) is 0.391. The molecule has 0 radical (unpaired) electrons. The van der Waals surface area contributed by atoms with Crippen LogP contribution in [-0.2, 0) is 9.84 Å². The molecule has 0 atom stereocenters. The molecule has 0 bridgehead atoms. The number of benzene rings is 2. The van der Waals surface area contributed by atoms with Crippen molar-refractivity contribution < 1.29 is 22.7 Å². The predicted octanol–water partition coefficient (Wildman–Crippen LogP) is 3.71. The summed E-state index contributed by atoms with van der Waals surface area (Å²) in [6.45, 7) is 2.85. The molecule has 2 aromatic carbocycles. The molecule has 0 aliphatic rings. The number of amides is 1. The van der Waals surface area contributed by atoms with Crippen LogP contribution in [0.2, 0.25) is 0 Å². The summed E-state index contributed by atoms with van der Waals surface area (Å²) < 4.78 is 36.0. The highest BCUT2D eigenvalue weighted by atomic mass is 32.2. The molecule has 8 nitrogen and oxygen atoms in total. The minimum Gasteiger partial charge on any atom is -0.495 e. The molecule has 0 unspecified atom stereocenters. The van der Waals surface area contributed by atoms with Crippen molar-refractivity contribution in [2.45, 2.75) is 18.2 Å². The Morgan fingerprint density at radius 3 is 2.21 bits per heavy atom. The third-order valence-corrected chi connectivity index (χ3v) is 8.05. The van der Waals surface area contributed by atoms with Gasteiger partial charge in [-0.05, 0) is 63.5 Å². The number of carbonyl (C=O) groups is 1. The van der Waals surface area contributed by atoms with Crippen LogP contribution in [0.4, 0.5) is 5.13 Å². The maximum Gasteiger partial charge on any atom is 0.260 e. The normalized spacial score (nSPS) is 11.7. The fourth-order valence-corrected chi connectivity index (χ4v) is 5.33. The van der Waals surface area contributed by atoms with Crippen LogP contribution < -0.4 is 14.4 Å². The first-order valence-electron chi connectivity index (χ1n) is 10.5. The largest absolute Gasteiger partial charge is 0.495 e. The Balaban J connectivity index is 2.02. The fourth-order valence-electron chi connectivity index (χ4n) is 3.35. The molecule has 3 rings (SSSR count). The number of fused-ring (bicyclic) bond motifs is 1. The van der Waals surface area contributed by atoms with Gasteiger partial charge in [0.2, 0.25) is 0 Å². The van der Waals surface area contributed by atoms with E-state index < -0.39 is 9.84 Å². The van der Waals surface area contributed by atoms with Gasteiger partial charge in [0.25, 0.3) is 5.91 Å². The van der Waals surface area contributed by atoms with Crippen molar-refractivity contribution in [3.8, 4) is 11.5 Å². The van der Waals surface area contributed by atoms with Crippen molar-refractivity contribution in [1.82, 2.24) is 9.88 Å². The Hall–Kier alpha value is -2.69. The highest BCUT2D eigenvalue weighted by Gasteiger charge is 2.24. The molecule has 0 saturated carbocycles. The number of carbonyl (C=O) groups excluding carboxylic acids is 1. The van der Waals surface area contributed by atoms with Gasteiger partial charge in [-0.1, -0.05) is 18.3 Å². The minimum absolute atomic E-state index is 0.00627. The number of aromatic nitrogens is 1. The van der Waals surface area contributed by atoms with Crippen LogP contribution in [0.15, 0.2) is 41.3 Å². The molecule has 33 heavy (non-hydrogen) atoms. The summed E-state index contributed by atoms with van der Waals surface area (Å²) in [5.74, 6) is 1.02. The van der Waals surface area contributed by atoms with E-state index in [1.54, 1.807) is 44.2 Å². The van der Waals surface area contributed by atoms with E-state index >= 15 is 0 Å². The number of methoxy groups -OCH3 is 2. The molecule has 10 heteroatoms. The number of hydrogen-bond acceptors (Lipinski definition) is 8. The van der Waals surface area contributed by atoms with Gasteiger partial charge in [0.1, 0.15) is 21.7 Å². The lowest BCUT2D eigenvalue weighted by Crippen LogP contribution is -2.33. The van der Waals surface area contributed by atoms with Crippen LogP contribution in [0.5, 0.6) is 11.5 Å². The van der Waals surface area contributed by atoms with Gasteiger partial charge in [-0.3, -0.25) is 9.69 Å². The summed E-state index contributed by atoms with van der Waals surface area (Å²) in [6, 6.07) is 9.67. The molecule has 1 aromatic heterocycles. The van der Waals surface area contributed by atoms with Crippen LogP contribution in [-0.4, -0.2) is 71.4 Å². The van der Waals surface area contributed by atoms with Crippen molar-refractivity contribution in [2.24, 2.45) is 0 Å². The lowest BCUT2D eigenvalue weighted by atomic mass is 10.2. The van der Waals surface area contributed by atoms with E-state index in [-0.39, 0.29) is 16.6 Å². The molecule has 1 amide bonds. The summed E-state index contributed by atoms with van der Waals surface area (Å²) in [4.78, 5) is 22.1. The van der Waals surface area contributed by atoms with Gasteiger partial charge in [-0.15, -0.1) is 0 Å². The monoisotopic (exact) mass is 491 g/mol. The maximum atomic E-state index is 13.5. The van der Waals surface area contributed by atoms with Gasteiger partial charge in [0, 0.05) is 12.1 Å². The van der Waals surface area contributed by atoms with Crippen LogP contribution in [0.3, 0.4) is 0 Å². The average molecular weight is 492 g/mol. The predicted molar refractivity (Wildman–Crippen MR) is 132 cm³/mol. The number of hydrogen-bond donors (Lipinski definition) is 0. The highest BCUT2D eigenvalue weighted by Crippen LogP contribution is 2.40. The third-order valence-electron chi connectivity index (χ3n) is 5.20. The SMILES string of the molecule is CCS(=O)(=O)c1ccc(C(=O)N(CCCN(C)C)c2nc3c(OC)ccc(OC)c3s2)cc1. The van der Waals surface area contributed by atoms with E-state index in [0.717, 1.165) is 17.7 Å². The zero-order chi connectivity index (χ0) is 24.2. The number of ether oxygens (including phenoxy) is 2. The second kappa shape index (κ2) is 10.5. The molecule has 0 N–H and O–H groups in total. The number of nitrogens with zero attached hydrogens (tertiary/aromatic N) is 3. The molecule has 178 valence electrons. The van der Waals surface area contributed by atoms with Gasteiger partial charge in [0.15, 0.2) is 15.0 Å². The summed E-state index contributed by atoms with van der Waals surface area (Å²) in [5, 5.41) is 0.529. The number of sulfone groups is 1. The topological polar surface area (TPSA) is 89.0 Å². The first kappa shape index (κ1) is 24.9. The van der Waals surface area contributed by atoms with Crippen LogP contribution >= 0.6 is 11.3 Å². The van der Waals surface area contributed by atoms with Crippen molar-refractivity contribution in [3.63, 3.8) is 0 Å². The average Bonchev–Trinajstić information content (AvgIpc) is 3.25. The van der Waals surface area contributed by atoms with E-state index in [1.807, 2.05) is 20.2 Å². The van der Waals surface area contributed by atoms with Gasteiger partial charge < -0.3 is 14.4 Å². The second-order valence-corrected chi connectivity index (χ2v) is 10.9. The van der Waals surface area contributed by atoms with Crippen molar-refractivity contribution in [1.29, 1.82) is 0 Å². The lowest BCUT2D eigenvalue weighted by molar-refractivity contribution is 0.0986. The number of rotatable bonds is 10. The van der Waals surface area contributed by atoms with Crippen LogP contribution in [0, 0.1) is 0 Å². The van der Waals surface area contributed by atoms with Crippen molar-refractivity contribution in [2.75, 3.05) is 52.1 Å². The van der Waals surface area contributed by atoms with Crippen LogP contribution in [0.25, 0.3) is 10.2 Å². The smallest absolute Gasteiger partial charge is 0.260 e. The zero-order valence-corrected chi connectivity index (χ0v) is 21.1. The maximum absolute atomic E-state index is 13.5. The van der Waals surface area contributed by atoms with E-state index in [4.69, 9.17) is 14.5 Å². The van der Waals surface area contributed by atoms with E-state index in [1.165, 1.54) is 23.5 Å². The molecule has 3 aromatic rings. The molecule has 0 fully saturated rings. The highest BCUT2D eigenvalue weighted by molar-refractivity contribution is 7.91. The Morgan fingerprint density at radius 2 is 1.64 bits per heavy atom. The Bertz CT molecular complexity index is 1180. The number of thiazole rings is 1. The molecular formula is C23H29N3O5S2. The standard InChI is InChI=1S/C23H29N3O5S2/c1-6-33(28,29)17-10-8-16(9-11-17)22(27)26(15-7-14-25(2)3)23-24-20-18(30-4)12-13-19(31-5)21(20)32-23/h8-13H,6-7,14-15H2,1-5H3. The summed E-state index contributed by atoms with van der Waals surface area (Å²) in [5.41, 5.74) is 1.03. The van der Waals surface area contributed by atoms with E-state index in [0.29, 0.717) is 34.3 Å². The van der Waals surface area contributed by atoms with Gasteiger partial charge in [-0.25, -0.2) is 13.4 Å². The quantitative estimate of drug-likeness (QED) is 0.427. The van der Waals surface area contributed by atoms with Gasteiger partial charge >= 0.3 is 0 Å². The summed E-state index contributed by atoms with van der Waals surface area (Å²) >= 11 is 1.36. The van der Waals surface area contributed by atoms with Crippen molar-refractivity contribution >= 4 is 42.4 Å². The Morgan fingerprint density at radius 1 is 1.00 bits per heavy atom. The Labute approximate surface area is 198 Å². The summed E-state index contributed by atoms with van der Waals surface area (Å²) in [7, 11) is 3.78. The summed E-state index contributed by atoms with van der Waals surface area (Å²) in [6.07, 6.45) is 0.741. The van der Waals surface area contributed by atoms with Crippen LogP contribution in [0.1, 0.15) is 23.7 Å². The van der Waals surface area contributed by atoms with Gasteiger partial charge in [0.05, 0.1) is 24.9 Å². The number of anilines is 1. The third kappa shape index (κ3) is 5.45. The van der Waals surface area contributed by atoms with E-state index in [9.17, 15) is 13.2 Å². The molecule has 1 heterocycles. The molecule has 0 saturated heterocycles. The minimum atomic E-state index is -3.34. The molecule has 0 aliphatic carbocycles.